The van der Waals surface area contributed by atoms with E-state index < -0.39 is 17.9 Å². The molecule has 2 rings (SSSR count). The summed E-state index contributed by atoms with van der Waals surface area (Å²) < 4.78 is 5.37. The van der Waals surface area contributed by atoms with Crippen LogP contribution in [0, 0.1) is 12.8 Å². The average molecular weight is 298 g/mol. The highest BCUT2D eigenvalue weighted by atomic mass is 35.5. The first kappa shape index (κ1) is 14.7. The zero-order valence-electron chi connectivity index (χ0n) is 11.1. The van der Waals surface area contributed by atoms with Gasteiger partial charge in [0, 0.05) is 10.6 Å². The van der Waals surface area contributed by atoms with E-state index in [1.165, 1.54) is 0 Å². The highest BCUT2D eigenvalue weighted by Crippen LogP contribution is 2.32. The fraction of sp³-hybridized carbons (Fsp3) is 0.429. The maximum Gasteiger partial charge on any atom is 0.326 e. The molecule has 5 nitrogen and oxygen atoms in total. The Morgan fingerprint density at radius 3 is 2.80 bits per heavy atom. The molecular weight excluding hydrogens is 282 g/mol. The van der Waals surface area contributed by atoms with Crippen LogP contribution in [0.5, 0.6) is 5.75 Å². The quantitative estimate of drug-likeness (QED) is 0.842. The predicted octanol–water partition coefficient (Wildman–Crippen LogP) is 2.01. The normalized spacial score (nSPS) is 15.5. The number of nitrogens with one attached hydrogen (secondary N) is 1. The van der Waals surface area contributed by atoms with Crippen LogP contribution < -0.4 is 10.1 Å². The molecule has 2 N–H and O–H groups in total. The van der Waals surface area contributed by atoms with Crippen molar-refractivity contribution in [3.05, 3.63) is 28.8 Å². The van der Waals surface area contributed by atoms with E-state index in [9.17, 15) is 9.59 Å². The van der Waals surface area contributed by atoms with Gasteiger partial charge in [0.2, 0.25) is 0 Å². The van der Waals surface area contributed by atoms with Crippen molar-refractivity contribution in [3.63, 3.8) is 0 Å². The van der Waals surface area contributed by atoms with Crippen molar-refractivity contribution in [1.29, 1.82) is 0 Å². The average Bonchev–Trinajstić information content (AvgIpc) is 3.21. The number of carboxylic acids is 1. The highest BCUT2D eigenvalue weighted by Gasteiger charge is 2.37. The van der Waals surface area contributed by atoms with Gasteiger partial charge in [-0.15, -0.1) is 0 Å². The molecule has 1 saturated carbocycles. The molecule has 1 aliphatic carbocycles. The van der Waals surface area contributed by atoms with E-state index in [0.29, 0.717) is 10.8 Å². The number of carbonyl (C=O) groups excluding carboxylic acids is 1. The summed E-state index contributed by atoms with van der Waals surface area (Å²) in [6, 6.07) is 4.36. The molecule has 1 fully saturated rings. The van der Waals surface area contributed by atoms with Gasteiger partial charge in [-0.2, -0.15) is 0 Å². The van der Waals surface area contributed by atoms with E-state index in [2.05, 4.69) is 5.32 Å². The standard InChI is InChI=1S/C14H16ClNO4/c1-8-10(15)3-2-4-11(8)20-7-12(17)16-13(14(18)19)9-5-6-9/h2-4,9,13H,5-7H2,1H3,(H,16,17)(H,18,19). The molecule has 0 saturated heterocycles. The number of benzene rings is 1. The topological polar surface area (TPSA) is 75.6 Å². The number of ether oxygens (including phenoxy) is 1. The molecule has 0 heterocycles. The Morgan fingerprint density at radius 1 is 1.50 bits per heavy atom. The molecule has 0 bridgehead atoms. The minimum atomic E-state index is -1.00. The maximum atomic E-state index is 11.7. The molecule has 1 amide bonds. The molecule has 0 spiro atoms. The minimum Gasteiger partial charge on any atom is -0.483 e. The summed E-state index contributed by atoms with van der Waals surface area (Å²) in [5.74, 6) is -0.876. The molecule has 108 valence electrons. The first-order valence-electron chi connectivity index (χ1n) is 6.39. The van der Waals surface area contributed by atoms with Crippen LogP contribution in [0.2, 0.25) is 5.02 Å². The first-order chi connectivity index (χ1) is 9.49. The van der Waals surface area contributed by atoms with E-state index in [1.54, 1.807) is 25.1 Å². The Hall–Kier alpha value is -1.75. The van der Waals surface area contributed by atoms with Crippen LogP contribution in [-0.2, 0) is 9.59 Å². The molecule has 6 heteroatoms. The van der Waals surface area contributed by atoms with Crippen LogP contribution in [0.25, 0.3) is 0 Å². The Kier molecular flexibility index (Phi) is 4.49. The van der Waals surface area contributed by atoms with Crippen molar-refractivity contribution < 1.29 is 19.4 Å². The highest BCUT2D eigenvalue weighted by molar-refractivity contribution is 6.31. The second kappa shape index (κ2) is 6.13. The van der Waals surface area contributed by atoms with E-state index in [-0.39, 0.29) is 12.5 Å². The number of amides is 1. The summed E-state index contributed by atoms with van der Waals surface area (Å²) in [7, 11) is 0. The van der Waals surface area contributed by atoms with Gasteiger partial charge >= 0.3 is 5.97 Å². The first-order valence-corrected chi connectivity index (χ1v) is 6.77. The zero-order valence-corrected chi connectivity index (χ0v) is 11.8. The van der Waals surface area contributed by atoms with Gasteiger partial charge in [0.1, 0.15) is 11.8 Å². The third kappa shape index (κ3) is 3.63. The number of hydrogen-bond donors (Lipinski definition) is 2. The summed E-state index contributed by atoms with van der Waals surface area (Å²) in [5.41, 5.74) is 0.749. The maximum absolute atomic E-state index is 11.7. The Bertz CT molecular complexity index is 528. The van der Waals surface area contributed by atoms with Gasteiger partial charge in [0.15, 0.2) is 6.61 Å². The molecule has 20 heavy (non-hydrogen) atoms. The fourth-order valence-corrected chi connectivity index (χ4v) is 2.08. The Labute approximate surface area is 121 Å². The number of aliphatic carboxylic acids is 1. The van der Waals surface area contributed by atoms with Crippen molar-refractivity contribution in [1.82, 2.24) is 5.32 Å². The fourth-order valence-electron chi connectivity index (χ4n) is 1.91. The van der Waals surface area contributed by atoms with E-state index in [4.69, 9.17) is 21.4 Å². The summed E-state index contributed by atoms with van der Waals surface area (Å²) >= 11 is 5.95. The number of carboxylic acid groups (broad SMARTS) is 1. The van der Waals surface area contributed by atoms with Crippen molar-refractivity contribution in [2.75, 3.05) is 6.61 Å². The van der Waals surface area contributed by atoms with Crippen LogP contribution in [0.15, 0.2) is 18.2 Å². The molecule has 1 aromatic rings. The van der Waals surface area contributed by atoms with Gasteiger partial charge in [0.25, 0.3) is 5.91 Å². The van der Waals surface area contributed by atoms with Gasteiger partial charge < -0.3 is 15.2 Å². The van der Waals surface area contributed by atoms with Crippen LogP contribution >= 0.6 is 11.6 Å². The summed E-state index contributed by atoms with van der Waals surface area (Å²) in [5, 5.41) is 12.1. The minimum absolute atomic E-state index is 0.0457. The Morgan fingerprint density at radius 2 is 2.20 bits per heavy atom. The summed E-state index contributed by atoms with van der Waals surface area (Å²) in [4.78, 5) is 22.7. The third-order valence-corrected chi connectivity index (χ3v) is 3.66. The molecular formula is C14H16ClNO4. The Balaban J connectivity index is 1.88. The summed E-state index contributed by atoms with van der Waals surface area (Å²) in [6.07, 6.45) is 1.68. The molecule has 0 radical (unpaired) electrons. The molecule has 1 aromatic carbocycles. The van der Waals surface area contributed by atoms with Gasteiger partial charge in [-0.25, -0.2) is 4.79 Å². The molecule has 0 aliphatic heterocycles. The zero-order chi connectivity index (χ0) is 14.7. The lowest BCUT2D eigenvalue weighted by molar-refractivity contribution is -0.142. The van der Waals surface area contributed by atoms with Crippen LogP contribution in [0.3, 0.4) is 0 Å². The van der Waals surface area contributed by atoms with Crippen LogP contribution in [-0.4, -0.2) is 29.6 Å². The van der Waals surface area contributed by atoms with E-state index in [0.717, 1.165) is 18.4 Å². The van der Waals surface area contributed by atoms with E-state index in [1.807, 2.05) is 0 Å². The van der Waals surface area contributed by atoms with Crippen molar-refractivity contribution in [2.45, 2.75) is 25.8 Å². The lowest BCUT2D eigenvalue weighted by atomic mass is 10.2. The SMILES string of the molecule is Cc1c(Cl)cccc1OCC(=O)NC(C(=O)O)C1CC1. The molecule has 1 aliphatic rings. The molecule has 1 unspecified atom stereocenters. The number of halogens is 1. The van der Waals surface area contributed by atoms with Crippen molar-refractivity contribution in [3.8, 4) is 5.75 Å². The van der Waals surface area contributed by atoms with Gasteiger partial charge in [0.05, 0.1) is 0 Å². The smallest absolute Gasteiger partial charge is 0.326 e. The molecule has 1 atom stereocenters. The number of hydrogen-bond acceptors (Lipinski definition) is 3. The van der Waals surface area contributed by atoms with E-state index >= 15 is 0 Å². The number of rotatable bonds is 6. The lowest BCUT2D eigenvalue weighted by Gasteiger charge is -2.14. The van der Waals surface area contributed by atoms with Gasteiger partial charge in [-0.1, -0.05) is 17.7 Å². The van der Waals surface area contributed by atoms with Crippen LogP contribution in [0.4, 0.5) is 0 Å². The number of carbonyl (C=O) groups is 2. The second-order valence-electron chi connectivity index (χ2n) is 4.87. The molecule has 0 aromatic heterocycles. The third-order valence-electron chi connectivity index (χ3n) is 3.25. The predicted molar refractivity (Wildman–Crippen MR) is 74.0 cm³/mol. The van der Waals surface area contributed by atoms with Crippen LogP contribution in [0.1, 0.15) is 18.4 Å². The second-order valence-corrected chi connectivity index (χ2v) is 5.28. The largest absolute Gasteiger partial charge is 0.483 e. The van der Waals surface area contributed by atoms with Gasteiger partial charge in [-0.3, -0.25) is 4.79 Å². The lowest BCUT2D eigenvalue weighted by Crippen LogP contribution is -2.44. The van der Waals surface area contributed by atoms with Crippen molar-refractivity contribution in [2.24, 2.45) is 5.92 Å². The monoisotopic (exact) mass is 297 g/mol. The summed E-state index contributed by atoms with van der Waals surface area (Å²) in [6.45, 7) is 1.57. The van der Waals surface area contributed by atoms with Gasteiger partial charge in [-0.05, 0) is 37.8 Å². The van der Waals surface area contributed by atoms with Crippen molar-refractivity contribution >= 4 is 23.5 Å².